The minimum Gasteiger partial charge on any atom is -0.493 e. The second-order valence-corrected chi connectivity index (χ2v) is 8.21. The molecule has 2 N–H and O–H groups in total. The van der Waals surface area contributed by atoms with E-state index in [-0.39, 0.29) is 35.2 Å². The highest BCUT2D eigenvalue weighted by molar-refractivity contribution is 7.99. The van der Waals surface area contributed by atoms with Gasteiger partial charge in [0.15, 0.2) is 5.16 Å². The van der Waals surface area contributed by atoms with Crippen molar-refractivity contribution in [1.29, 1.82) is 0 Å². The van der Waals surface area contributed by atoms with E-state index in [1.54, 1.807) is 4.57 Å². The first-order valence-corrected chi connectivity index (χ1v) is 10.3. The molecule has 0 saturated heterocycles. The highest BCUT2D eigenvalue weighted by Crippen LogP contribution is 2.32. The van der Waals surface area contributed by atoms with Gasteiger partial charge in [0.05, 0.1) is 11.8 Å². The third-order valence-corrected chi connectivity index (χ3v) is 6.34. The Bertz CT molecular complexity index is 670. The van der Waals surface area contributed by atoms with E-state index in [4.69, 9.17) is 0 Å². The van der Waals surface area contributed by atoms with E-state index in [9.17, 15) is 14.7 Å². The topological polar surface area (TPSA) is 84.2 Å². The molecule has 1 heterocycles. The van der Waals surface area contributed by atoms with Crippen LogP contribution in [0.2, 0.25) is 0 Å². The van der Waals surface area contributed by atoms with E-state index in [0.29, 0.717) is 11.1 Å². The number of nitrogens with zero attached hydrogens (tertiary/aromatic N) is 2. The van der Waals surface area contributed by atoms with Crippen LogP contribution in [0.5, 0.6) is 5.88 Å². The van der Waals surface area contributed by atoms with Gasteiger partial charge in [0.1, 0.15) is 0 Å². The lowest BCUT2D eigenvalue weighted by Crippen LogP contribution is -2.42. The highest BCUT2D eigenvalue weighted by Gasteiger charge is 2.25. The van der Waals surface area contributed by atoms with Crippen LogP contribution < -0.4 is 10.9 Å². The Morgan fingerprint density at radius 1 is 1.28 bits per heavy atom. The number of aromatic hydroxyl groups is 1. The van der Waals surface area contributed by atoms with Gasteiger partial charge in [-0.3, -0.25) is 14.2 Å². The molecule has 1 aromatic rings. The normalized spacial score (nSPS) is 24.4. The minimum atomic E-state index is -0.275. The van der Waals surface area contributed by atoms with Crippen LogP contribution in [0.1, 0.15) is 64.3 Å². The number of carbonyl (C=O) groups is 1. The van der Waals surface area contributed by atoms with Crippen LogP contribution in [-0.4, -0.2) is 32.4 Å². The molecular weight excluding hydrogens is 338 g/mol. The van der Waals surface area contributed by atoms with Crippen LogP contribution >= 0.6 is 11.8 Å². The largest absolute Gasteiger partial charge is 0.493 e. The van der Waals surface area contributed by atoms with Gasteiger partial charge in [0.25, 0.3) is 5.56 Å². The number of hydrogen-bond acceptors (Lipinski definition) is 5. The van der Waals surface area contributed by atoms with Crippen molar-refractivity contribution < 1.29 is 9.90 Å². The fourth-order valence-electron chi connectivity index (χ4n) is 3.97. The summed E-state index contributed by atoms with van der Waals surface area (Å²) < 4.78 is 1.66. The Labute approximate surface area is 152 Å². The molecule has 0 aromatic carbocycles. The van der Waals surface area contributed by atoms with Crippen LogP contribution in [0, 0.1) is 5.92 Å². The zero-order chi connectivity index (χ0) is 17.8. The van der Waals surface area contributed by atoms with Gasteiger partial charge in [-0.2, -0.15) is 4.98 Å². The van der Waals surface area contributed by atoms with Crippen molar-refractivity contribution in [2.24, 2.45) is 5.92 Å². The summed E-state index contributed by atoms with van der Waals surface area (Å²) >= 11 is 1.24. The Morgan fingerprint density at radius 2 is 1.96 bits per heavy atom. The SMILES string of the molecule is C[C@@H]1CCCC[C@H]1NC(=O)CSc1nc(O)cc(=O)n1C1CCCC1. The fraction of sp³-hybridized carbons (Fsp3) is 0.722. The molecule has 2 aliphatic carbocycles. The predicted octanol–water partition coefficient (Wildman–Crippen LogP) is 2.85. The van der Waals surface area contributed by atoms with Crippen molar-refractivity contribution in [2.75, 3.05) is 5.75 Å². The highest BCUT2D eigenvalue weighted by atomic mass is 32.2. The molecule has 1 aromatic heterocycles. The van der Waals surface area contributed by atoms with E-state index in [1.807, 2.05) is 0 Å². The summed E-state index contributed by atoms with van der Waals surface area (Å²) in [6.07, 6.45) is 8.70. The van der Waals surface area contributed by atoms with Crippen molar-refractivity contribution in [3.63, 3.8) is 0 Å². The zero-order valence-corrected chi connectivity index (χ0v) is 15.6. The maximum atomic E-state index is 12.3. The van der Waals surface area contributed by atoms with E-state index in [0.717, 1.165) is 51.0 Å². The van der Waals surface area contributed by atoms with Gasteiger partial charge in [0.2, 0.25) is 11.8 Å². The maximum Gasteiger partial charge on any atom is 0.258 e. The Hall–Kier alpha value is -1.50. The van der Waals surface area contributed by atoms with Crippen molar-refractivity contribution in [3.05, 3.63) is 16.4 Å². The lowest BCUT2D eigenvalue weighted by molar-refractivity contribution is -0.119. The van der Waals surface area contributed by atoms with Crippen molar-refractivity contribution >= 4 is 17.7 Å². The maximum absolute atomic E-state index is 12.3. The molecule has 2 saturated carbocycles. The summed E-state index contributed by atoms with van der Waals surface area (Å²) in [5.74, 6) is 0.423. The molecule has 0 radical (unpaired) electrons. The van der Waals surface area contributed by atoms with Gasteiger partial charge in [0, 0.05) is 12.1 Å². The van der Waals surface area contributed by atoms with Gasteiger partial charge < -0.3 is 10.4 Å². The molecule has 0 bridgehead atoms. The molecule has 2 atom stereocenters. The third kappa shape index (κ3) is 4.57. The van der Waals surface area contributed by atoms with Crippen molar-refractivity contribution in [1.82, 2.24) is 14.9 Å². The number of thioether (sulfide) groups is 1. The zero-order valence-electron chi connectivity index (χ0n) is 14.7. The van der Waals surface area contributed by atoms with Gasteiger partial charge in [-0.25, -0.2) is 0 Å². The van der Waals surface area contributed by atoms with Crippen LogP contribution in [0.25, 0.3) is 0 Å². The second kappa shape index (κ2) is 8.25. The molecule has 2 fully saturated rings. The quantitative estimate of drug-likeness (QED) is 0.619. The number of carbonyl (C=O) groups excluding carboxylic acids is 1. The lowest BCUT2D eigenvalue weighted by atomic mass is 9.86. The molecule has 2 aliphatic rings. The van der Waals surface area contributed by atoms with Crippen LogP contribution in [0.4, 0.5) is 0 Å². The standard InChI is InChI=1S/C18H27N3O3S/c1-12-6-2-5-9-14(12)19-16(23)11-25-18-20-15(22)10-17(24)21(18)13-7-3-4-8-13/h10,12-14,22H,2-9,11H2,1H3,(H,19,23)/t12-,14-/m1/s1. The van der Waals surface area contributed by atoms with Gasteiger partial charge in [-0.05, 0) is 31.6 Å². The molecule has 3 rings (SSSR count). The number of hydrogen-bond donors (Lipinski definition) is 2. The van der Waals surface area contributed by atoms with Gasteiger partial charge in [-0.15, -0.1) is 0 Å². The van der Waals surface area contributed by atoms with E-state index >= 15 is 0 Å². The first-order chi connectivity index (χ1) is 12.0. The summed E-state index contributed by atoms with van der Waals surface area (Å²) in [5.41, 5.74) is -0.233. The Balaban J connectivity index is 1.65. The molecule has 7 heteroatoms. The van der Waals surface area contributed by atoms with Gasteiger partial charge >= 0.3 is 0 Å². The fourth-order valence-corrected chi connectivity index (χ4v) is 4.85. The number of amides is 1. The molecule has 6 nitrogen and oxygen atoms in total. The summed E-state index contributed by atoms with van der Waals surface area (Å²) in [6, 6.07) is 1.53. The average molecular weight is 365 g/mol. The third-order valence-electron chi connectivity index (χ3n) is 5.39. The summed E-state index contributed by atoms with van der Waals surface area (Å²) in [6.45, 7) is 2.19. The number of aromatic nitrogens is 2. The summed E-state index contributed by atoms with van der Waals surface area (Å²) in [7, 11) is 0. The van der Waals surface area contributed by atoms with Crippen LogP contribution in [0.3, 0.4) is 0 Å². The Morgan fingerprint density at radius 3 is 2.68 bits per heavy atom. The predicted molar refractivity (Wildman–Crippen MR) is 98.0 cm³/mol. The van der Waals surface area contributed by atoms with Crippen LogP contribution in [0.15, 0.2) is 16.0 Å². The average Bonchev–Trinajstić information content (AvgIpc) is 3.08. The molecular formula is C18H27N3O3S. The smallest absolute Gasteiger partial charge is 0.258 e. The van der Waals surface area contributed by atoms with E-state index in [1.165, 1.54) is 18.2 Å². The molecule has 0 spiro atoms. The summed E-state index contributed by atoms with van der Waals surface area (Å²) in [4.78, 5) is 28.7. The molecule has 1 amide bonds. The number of nitrogens with one attached hydrogen (secondary N) is 1. The van der Waals surface area contributed by atoms with Crippen LogP contribution in [-0.2, 0) is 4.79 Å². The minimum absolute atomic E-state index is 0.0284. The van der Waals surface area contributed by atoms with Gasteiger partial charge in [-0.1, -0.05) is 44.4 Å². The molecule has 138 valence electrons. The Kier molecular flexibility index (Phi) is 6.04. The first-order valence-electron chi connectivity index (χ1n) is 9.29. The number of rotatable bonds is 5. The summed E-state index contributed by atoms with van der Waals surface area (Å²) in [5, 5.41) is 13.3. The monoisotopic (exact) mass is 365 g/mol. The van der Waals surface area contributed by atoms with Crippen molar-refractivity contribution in [2.45, 2.75) is 75.5 Å². The molecule has 25 heavy (non-hydrogen) atoms. The lowest BCUT2D eigenvalue weighted by Gasteiger charge is -2.29. The van der Waals surface area contributed by atoms with Crippen molar-refractivity contribution in [3.8, 4) is 5.88 Å². The van der Waals surface area contributed by atoms with E-state index in [2.05, 4.69) is 17.2 Å². The van der Waals surface area contributed by atoms with E-state index < -0.39 is 0 Å². The molecule has 0 unspecified atom stereocenters. The second-order valence-electron chi connectivity index (χ2n) is 7.27. The first kappa shape index (κ1) is 18.3. The molecule has 0 aliphatic heterocycles.